The number of rotatable bonds is 4. The zero-order valence-electron chi connectivity index (χ0n) is 8.33. The van der Waals surface area contributed by atoms with Crippen LogP contribution in [0.5, 0.6) is 0 Å². The normalized spacial score (nSPS) is 11.6. The van der Waals surface area contributed by atoms with Crippen LogP contribution >= 0.6 is 11.6 Å². The monoisotopic (exact) mass is 248 g/mol. The van der Waals surface area contributed by atoms with Crippen molar-refractivity contribution < 1.29 is 8.42 Å². The van der Waals surface area contributed by atoms with Crippen molar-refractivity contribution in [2.24, 2.45) is 0 Å². The minimum absolute atomic E-state index is 0.137. The fourth-order valence-electron chi connectivity index (χ4n) is 1.01. The molecule has 0 atom stereocenters. The summed E-state index contributed by atoms with van der Waals surface area (Å²) < 4.78 is 25.7. The van der Waals surface area contributed by atoms with Crippen molar-refractivity contribution in [2.45, 2.75) is 18.2 Å². The molecule has 0 fully saturated rings. The quantitative estimate of drug-likeness (QED) is 0.796. The van der Waals surface area contributed by atoms with Gasteiger partial charge < -0.3 is 5.73 Å². The fourth-order valence-corrected chi connectivity index (χ4v) is 2.30. The van der Waals surface area contributed by atoms with Gasteiger partial charge in [0.05, 0.1) is 15.6 Å². The van der Waals surface area contributed by atoms with Gasteiger partial charge in [0.15, 0.2) is 0 Å². The molecule has 4 nitrogen and oxygen atoms in total. The molecule has 0 spiro atoms. The lowest BCUT2D eigenvalue weighted by Crippen LogP contribution is -2.24. The minimum Gasteiger partial charge on any atom is -0.397 e. The van der Waals surface area contributed by atoms with Crippen molar-refractivity contribution >= 4 is 27.3 Å². The summed E-state index contributed by atoms with van der Waals surface area (Å²) in [5, 5.41) is 0.351. The van der Waals surface area contributed by atoms with Gasteiger partial charge in [0.1, 0.15) is 0 Å². The van der Waals surface area contributed by atoms with Gasteiger partial charge in [-0.05, 0) is 24.6 Å². The Balaban J connectivity index is 3.00. The molecule has 1 aromatic carbocycles. The molecule has 0 aliphatic rings. The number of anilines is 1. The molecule has 0 aromatic heterocycles. The SMILES string of the molecule is CCCNS(=O)(=O)c1ccc(Cl)c(N)c1. The summed E-state index contributed by atoms with van der Waals surface area (Å²) in [6.45, 7) is 2.30. The maximum atomic E-state index is 11.6. The van der Waals surface area contributed by atoms with E-state index in [0.29, 0.717) is 11.6 Å². The Bertz CT molecular complexity index is 445. The maximum Gasteiger partial charge on any atom is 0.240 e. The summed E-state index contributed by atoms with van der Waals surface area (Å²) in [6, 6.07) is 4.24. The summed E-state index contributed by atoms with van der Waals surface area (Å²) in [6.07, 6.45) is 0.738. The fraction of sp³-hybridized carbons (Fsp3) is 0.333. The van der Waals surface area contributed by atoms with Gasteiger partial charge >= 0.3 is 0 Å². The van der Waals surface area contributed by atoms with Crippen LogP contribution in [0.25, 0.3) is 0 Å². The van der Waals surface area contributed by atoms with Gasteiger partial charge in [0.25, 0.3) is 0 Å². The van der Waals surface area contributed by atoms with Crippen LogP contribution in [0.1, 0.15) is 13.3 Å². The van der Waals surface area contributed by atoms with Crippen LogP contribution in [0.15, 0.2) is 23.1 Å². The Hall–Kier alpha value is -0.780. The molecule has 1 rings (SSSR count). The summed E-state index contributed by atoms with van der Waals surface area (Å²) in [7, 11) is -3.45. The van der Waals surface area contributed by atoms with Crippen molar-refractivity contribution in [3.63, 3.8) is 0 Å². The number of halogens is 1. The molecular weight excluding hydrogens is 236 g/mol. The second-order valence-corrected chi connectivity index (χ2v) is 5.26. The first-order valence-electron chi connectivity index (χ1n) is 4.52. The van der Waals surface area contributed by atoms with E-state index in [0.717, 1.165) is 6.42 Å². The van der Waals surface area contributed by atoms with E-state index in [2.05, 4.69) is 4.72 Å². The summed E-state index contributed by atoms with van der Waals surface area (Å²) in [4.78, 5) is 0.137. The van der Waals surface area contributed by atoms with Crippen molar-refractivity contribution in [2.75, 3.05) is 12.3 Å². The molecule has 0 aliphatic heterocycles. The van der Waals surface area contributed by atoms with Gasteiger partial charge in [0.2, 0.25) is 10.0 Å². The zero-order valence-corrected chi connectivity index (χ0v) is 9.90. The highest BCUT2D eigenvalue weighted by Crippen LogP contribution is 2.21. The Morgan fingerprint density at radius 2 is 2.13 bits per heavy atom. The number of nitrogens with two attached hydrogens (primary N) is 1. The number of nitrogen functional groups attached to an aromatic ring is 1. The lowest BCUT2D eigenvalue weighted by molar-refractivity contribution is 0.581. The van der Waals surface area contributed by atoms with Crippen LogP contribution in [-0.4, -0.2) is 15.0 Å². The largest absolute Gasteiger partial charge is 0.397 e. The van der Waals surface area contributed by atoms with Crippen LogP contribution in [0.2, 0.25) is 5.02 Å². The van der Waals surface area contributed by atoms with Crippen molar-refractivity contribution in [1.29, 1.82) is 0 Å². The summed E-state index contributed by atoms with van der Waals surface area (Å²) in [5.74, 6) is 0. The minimum atomic E-state index is -3.45. The van der Waals surface area contributed by atoms with Gasteiger partial charge in [-0.2, -0.15) is 0 Å². The van der Waals surface area contributed by atoms with Crippen LogP contribution in [0.4, 0.5) is 5.69 Å². The van der Waals surface area contributed by atoms with E-state index in [1.807, 2.05) is 6.92 Å². The Kier molecular flexibility index (Phi) is 3.96. The molecular formula is C9H13ClN2O2S. The van der Waals surface area contributed by atoms with Crippen molar-refractivity contribution in [1.82, 2.24) is 4.72 Å². The number of sulfonamides is 1. The van der Waals surface area contributed by atoms with Crippen LogP contribution in [-0.2, 0) is 10.0 Å². The first-order valence-corrected chi connectivity index (χ1v) is 6.38. The molecule has 3 N–H and O–H groups in total. The molecule has 0 aliphatic carbocycles. The molecule has 15 heavy (non-hydrogen) atoms. The smallest absolute Gasteiger partial charge is 0.240 e. The lowest BCUT2D eigenvalue weighted by atomic mass is 10.3. The third kappa shape index (κ3) is 3.09. The van der Waals surface area contributed by atoms with Crippen LogP contribution in [0.3, 0.4) is 0 Å². The Morgan fingerprint density at radius 1 is 1.47 bits per heavy atom. The molecule has 6 heteroatoms. The maximum absolute atomic E-state index is 11.6. The summed E-state index contributed by atoms with van der Waals surface area (Å²) in [5.41, 5.74) is 5.78. The first kappa shape index (κ1) is 12.3. The highest BCUT2D eigenvalue weighted by molar-refractivity contribution is 7.89. The van der Waals surface area contributed by atoms with E-state index >= 15 is 0 Å². The van der Waals surface area contributed by atoms with Gasteiger partial charge in [-0.3, -0.25) is 0 Å². The Labute approximate surface area is 94.5 Å². The number of hydrogen-bond donors (Lipinski definition) is 2. The predicted molar refractivity (Wildman–Crippen MR) is 61.3 cm³/mol. The molecule has 0 saturated carbocycles. The van der Waals surface area contributed by atoms with Crippen molar-refractivity contribution in [3.05, 3.63) is 23.2 Å². The second-order valence-electron chi connectivity index (χ2n) is 3.08. The second kappa shape index (κ2) is 4.83. The van der Waals surface area contributed by atoms with E-state index in [4.69, 9.17) is 17.3 Å². The first-order chi connectivity index (χ1) is 6.97. The van der Waals surface area contributed by atoms with E-state index in [9.17, 15) is 8.42 Å². The molecule has 0 saturated heterocycles. The number of benzene rings is 1. The molecule has 1 aromatic rings. The molecule has 84 valence electrons. The highest BCUT2D eigenvalue weighted by atomic mass is 35.5. The average molecular weight is 249 g/mol. The topological polar surface area (TPSA) is 72.2 Å². The van der Waals surface area contributed by atoms with Gasteiger partial charge in [-0.15, -0.1) is 0 Å². The summed E-state index contributed by atoms with van der Waals surface area (Å²) >= 11 is 5.69. The highest BCUT2D eigenvalue weighted by Gasteiger charge is 2.13. The molecule has 0 heterocycles. The third-order valence-electron chi connectivity index (χ3n) is 1.82. The standard InChI is InChI=1S/C9H13ClN2O2S/c1-2-5-12-15(13,14)7-3-4-8(10)9(11)6-7/h3-4,6,12H,2,5,11H2,1H3. The molecule has 0 unspecified atom stereocenters. The van der Waals surface area contributed by atoms with E-state index in [1.165, 1.54) is 18.2 Å². The van der Waals surface area contributed by atoms with E-state index in [-0.39, 0.29) is 10.6 Å². The zero-order chi connectivity index (χ0) is 11.5. The Morgan fingerprint density at radius 3 is 2.67 bits per heavy atom. The lowest BCUT2D eigenvalue weighted by Gasteiger charge is -2.06. The van der Waals surface area contributed by atoms with Gasteiger partial charge in [0, 0.05) is 6.54 Å². The predicted octanol–water partition coefficient (Wildman–Crippen LogP) is 1.61. The number of hydrogen-bond acceptors (Lipinski definition) is 3. The van der Waals surface area contributed by atoms with Gasteiger partial charge in [-0.1, -0.05) is 18.5 Å². The van der Waals surface area contributed by atoms with Gasteiger partial charge in [-0.25, -0.2) is 13.1 Å². The molecule has 0 bridgehead atoms. The molecule has 0 amide bonds. The van der Waals surface area contributed by atoms with E-state index < -0.39 is 10.0 Å². The van der Waals surface area contributed by atoms with Crippen LogP contribution in [0, 0.1) is 0 Å². The number of nitrogens with one attached hydrogen (secondary N) is 1. The van der Waals surface area contributed by atoms with Crippen LogP contribution < -0.4 is 10.5 Å². The van der Waals surface area contributed by atoms with Crippen molar-refractivity contribution in [3.8, 4) is 0 Å². The third-order valence-corrected chi connectivity index (χ3v) is 3.62. The van der Waals surface area contributed by atoms with E-state index in [1.54, 1.807) is 0 Å². The molecule has 0 radical (unpaired) electrons. The average Bonchev–Trinajstić information content (AvgIpc) is 2.19.